The van der Waals surface area contributed by atoms with Crippen molar-refractivity contribution in [3.05, 3.63) is 75.8 Å². The van der Waals surface area contributed by atoms with E-state index in [-0.39, 0.29) is 56.7 Å². The Morgan fingerprint density at radius 1 is 0.486 bits per heavy atom. The molecule has 2 unspecified atom stereocenters. The van der Waals surface area contributed by atoms with Crippen LogP contribution < -0.4 is 10.6 Å². The first kappa shape index (κ1) is 67.4. The van der Waals surface area contributed by atoms with Crippen LogP contribution in [0.2, 0.25) is 0 Å². The highest BCUT2D eigenvalue weighted by Crippen LogP contribution is 2.41. The Morgan fingerprint density at radius 2 is 0.700 bits per heavy atom. The third kappa shape index (κ3) is 25.9. The molecule has 2 atom stereocenters. The van der Waals surface area contributed by atoms with Crippen molar-refractivity contribution >= 4 is 68.1 Å². The van der Waals surface area contributed by atoms with Crippen LogP contribution in [0.4, 0.5) is 43.7 Å². The Bertz CT molecular complexity index is 1750. The smallest absolute Gasteiger partial charge is 0.299 e. The van der Waals surface area contributed by atoms with Gasteiger partial charge in [-0.15, -0.1) is 0 Å². The number of carbonyl (C=O) groups is 2. The molecule has 20 heteroatoms. The highest BCUT2D eigenvalue weighted by atomic mass is 32.2. The third-order valence-electron chi connectivity index (χ3n) is 10.1. The lowest BCUT2D eigenvalue weighted by atomic mass is 9.86. The Labute approximate surface area is 427 Å². The van der Waals surface area contributed by atoms with Crippen LogP contribution in [0, 0.1) is 64.1 Å². The zero-order chi connectivity index (χ0) is 55.0. The number of nitrogens with one attached hydrogen (secondary N) is 2. The lowest BCUT2D eigenvalue weighted by molar-refractivity contribution is -0.392. The number of benzene rings is 2. The molecule has 2 rings (SSSR count). The maximum Gasteiger partial charge on any atom is 0.299 e. The molecule has 400 valence electrons. The summed E-state index contributed by atoms with van der Waals surface area (Å²) >= 11 is 2.82. The molecule has 0 saturated heterocycles. The first-order chi connectivity index (χ1) is 32.1. The number of hydrogen-bond donors (Lipinski definition) is 2. The normalized spacial score (nSPS) is 12.1. The third-order valence-corrected chi connectivity index (χ3v) is 11.7. The number of hydrogen-bond acceptors (Lipinski definition) is 14. The van der Waals surface area contributed by atoms with Gasteiger partial charge in [0.15, 0.2) is 11.4 Å². The van der Waals surface area contributed by atoms with Crippen molar-refractivity contribution in [2.24, 2.45) is 23.7 Å². The lowest BCUT2D eigenvalue weighted by Gasteiger charge is -2.25. The van der Waals surface area contributed by atoms with Crippen LogP contribution in [0.25, 0.3) is 0 Å². The summed E-state index contributed by atoms with van der Waals surface area (Å²) in [7, 11) is 0. The Hall–Kier alpha value is -4.72. The van der Waals surface area contributed by atoms with Crippen LogP contribution in [0.15, 0.2) is 24.3 Å². The summed E-state index contributed by atoms with van der Waals surface area (Å²) in [5, 5.41) is 51.4. The predicted molar refractivity (Wildman–Crippen MR) is 293 cm³/mol. The number of nitro benzene ring substituents is 4. The number of thioether (sulfide) groups is 2. The molecule has 0 aliphatic rings. The second-order valence-corrected chi connectivity index (χ2v) is 23.4. The van der Waals surface area contributed by atoms with E-state index >= 15 is 0 Å². The van der Waals surface area contributed by atoms with Gasteiger partial charge in [0.1, 0.15) is 0 Å². The van der Waals surface area contributed by atoms with Gasteiger partial charge in [-0.05, 0) is 83.8 Å². The highest BCUT2D eigenvalue weighted by molar-refractivity contribution is 8.13. The van der Waals surface area contributed by atoms with Gasteiger partial charge in [-0.2, -0.15) is 0 Å². The van der Waals surface area contributed by atoms with Gasteiger partial charge in [0, 0.05) is 62.5 Å². The van der Waals surface area contributed by atoms with E-state index in [0.29, 0.717) is 47.6 Å². The average Bonchev–Trinajstić information content (AvgIpc) is 3.22. The van der Waals surface area contributed by atoms with Crippen molar-refractivity contribution in [1.29, 1.82) is 0 Å². The van der Waals surface area contributed by atoms with E-state index in [4.69, 9.17) is 0 Å². The fraction of sp³-hybridized carbons (Fsp3) is 0.720. The summed E-state index contributed by atoms with van der Waals surface area (Å²) in [5.74, 6) is 3.94. The summed E-state index contributed by atoms with van der Waals surface area (Å²) in [4.78, 5) is 70.2. The minimum absolute atomic E-state index is 0.0210. The van der Waals surface area contributed by atoms with Crippen molar-refractivity contribution in [1.82, 2.24) is 9.80 Å². The number of anilines is 2. The monoisotopic (exact) mass is 1020 g/mol. The predicted octanol–water partition coefficient (Wildman–Crippen LogP) is 15.0. The number of nitrogens with zero attached hydrogens (tertiary/aromatic N) is 6. The van der Waals surface area contributed by atoms with Crippen molar-refractivity contribution in [2.75, 3.05) is 48.3 Å². The van der Waals surface area contributed by atoms with Gasteiger partial charge in [-0.1, -0.05) is 148 Å². The van der Waals surface area contributed by atoms with Crippen LogP contribution in [0.5, 0.6) is 0 Å². The Morgan fingerprint density at radius 3 is 0.843 bits per heavy atom. The molecule has 0 spiro atoms. The van der Waals surface area contributed by atoms with Gasteiger partial charge < -0.3 is 20.4 Å². The summed E-state index contributed by atoms with van der Waals surface area (Å²) in [5.41, 5.74) is -0.756. The molecule has 0 radical (unpaired) electrons. The summed E-state index contributed by atoms with van der Waals surface area (Å²) < 4.78 is 0. The molecule has 0 bridgehead atoms. The highest BCUT2D eigenvalue weighted by Gasteiger charge is 2.32. The molecule has 2 aromatic rings. The van der Waals surface area contributed by atoms with Gasteiger partial charge >= 0.3 is 0 Å². The fourth-order valence-electron chi connectivity index (χ4n) is 6.30. The number of amides is 2. The van der Waals surface area contributed by atoms with Gasteiger partial charge in [-0.3, -0.25) is 50.0 Å². The molecule has 18 nitrogen and oxygen atoms in total. The molecular weight excluding hydrogens is 937 g/mol. The van der Waals surface area contributed by atoms with Crippen LogP contribution in [0.3, 0.4) is 0 Å². The van der Waals surface area contributed by atoms with Crippen LogP contribution >= 0.6 is 23.5 Å². The van der Waals surface area contributed by atoms with Gasteiger partial charge in [0.05, 0.1) is 19.7 Å². The zero-order valence-electron chi connectivity index (χ0n) is 46.0. The molecule has 0 aliphatic heterocycles. The van der Waals surface area contributed by atoms with Crippen molar-refractivity contribution in [2.45, 2.75) is 174 Å². The Balaban J connectivity index is 0. The summed E-state index contributed by atoms with van der Waals surface area (Å²) in [6.45, 7) is 43.4. The van der Waals surface area contributed by atoms with Crippen LogP contribution in [-0.4, -0.2) is 89.7 Å². The van der Waals surface area contributed by atoms with Gasteiger partial charge in [-0.25, -0.2) is 0 Å². The minimum Gasteiger partial charge on any atom is -0.371 e. The molecule has 0 aliphatic carbocycles. The largest absolute Gasteiger partial charge is 0.371 e. The van der Waals surface area contributed by atoms with Crippen molar-refractivity contribution in [3.63, 3.8) is 0 Å². The molecular formula is C50H88N8O10S2. The zero-order valence-corrected chi connectivity index (χ0v) is 47.6. The van der Waals surface area contributed by atoms with E-state index in [1.807, 2.05) is 92.9 Å². The molecule has 0 aromatic heterocycles. The lowest BCUT2D eigenvalue weighted by Crippen LogP contribution is -2.34. The standard InChI is InChI=1S/2C14H21N3O4.2C11H23NOS/c2*1-6-9(2)15-13-11(16(18)19)7-10(14(3,4)5)8-12(13)17(20)21;2*1-6-14-11(13)12(7-9(2)3)8-10(4)5/h2*7-9,15H,6H2,1-5H3;2*9-10H,6-8H2,1-5H3. The molecule has 70 heavy (non-hydrogen) atoms. The molecule has 0 fully saturated rings. The molecule has 2 N–H and O–H groups in total. The van der Waals surface area contributed by atoms with Gasteiger partial charge in [0.25, 0.3) is 33.2 Å². The molecule has 2 amide bonds. The van der Waals surface area contributed by atoms with E-state index in [1.165, 1.54) is 47.8 Å². The quantitative estimate of drug-likeness (QED) is 0.0927. The van der Waals surface area contributed by atoms with Crippen LogP contribution in [-0.2, 0) is 10.8 Å². The summed E-state index contributed by atoms with van der Waals surface area (Å²) in [6, 6.07) is 5.47. The molecule has 2 aromatic carbocycles. The van der Waals surface area contributed by atoms with Gasteiger partial charge in [0.2, 0.25) is 0 Å². The number of nitro groups is 4. The average molecular weight is 1030 g/mol. The Kier molecular flexibility index (Phi) is 31.1. The minimum atomic E-state index is -0.576. The maximum atomic E-state index is 11.7. The first-order valence-electron chi connectivity index (χ1n) is 24.4. The van der Waals surface area contributed by atoms with E-state index in [9.17, 15) is 50.0 Å². The second-order valence-electron chi connectivity index (χ2n) is 21.0. The summed E-state index contributed by atoms with van der Waals surface area (Å²) in [6.07, 6.45) is 1.41. The van der Waals surface area contributed by atoms with E-state index in [0.717, 1.165) is 37.7 Å². The van der Waals surface area contributed by atoms with Crippen molar-refractivity contribution < 1.29 is 29.3 Å². The molecule has 0 saturated carbocycles. The molecule has 0 heterocycles. The SMILES string of the molecule is CCC(C)Nc1c([N+](=O)[O-])cc(C(C)(C)C)cc1[N+](=O)[O-].CCC(C)Nc1c([N+](=O)[O-])cc(C(C)(C)C)cc1[N+](=O)[O-].CCSC(=O)N(CC(C)C)CC(C)C.CCSC(=O)N(CC(C)C)CC(C)C. The van der Waals surface area contributed by atoms with E-state index in [1.54, 1.807) is 0 Å². The van der Waals surface area contributed by atoms with E-state index in [2.05, 4.69) is 66.0 Å². The number of rotatable bonds is 20. The fourth-order valence-corrected chi connectivity index (χ4v) is 7.46. The topological polar surface area (TPSA) is 237 Å². The van der Waals surface area contributed by atoms with Crippen LogP contribution in [0.1, 0.15) is 162 Å². The first-order valence-corrected chi connectivity index (χ1v) is 26.4. The van der Waals surface area contributed by atoms with Crippen molar-refractivity contribution in [3.8, 4) is 0 Å². The number of carbonyl (C=O) groups excluding carboxylic acids is 2. The van der Waals surface area contributed by atoms with E-state index < -0.39 is 30.5 Å². The maximum absolute atomic E-state index is 11.7. The second kappa shape index (κ2) is 32.3.